The van der Waals surface area contributed by atoms with Gasteiger partial charge in [-0.2, -0.15) is 0 Å². The molecule has 0 amide bonds. The fourth-order valence-electron chi connectivity index (χ4n) is 9.50. The number of nitrogens with zero attached hydrogens (tertiary/aromatic N) is 2. The lowest BCUT2D eigenvalue weighted by Gasteiger charge is -2.28. The summed E-state index contributed by atoms with van der Waals surface area (Å²) in [6, 6.07) is 87.2. The Morgan fingerprint density at radius 3 is 1.43 bits per heavy atom. The maximum atomic E-state index is 6.50. The molecule has 0 atom stereocenters. The van der Waals surface area contributed by atoms with Crippen molar-refractivity contribution in [2.75, 3.05) is 4.90 Å². The topological polar surface area (TPSA) is 21.3 Å². The molecule has 2 aromatic heterocycles. The molecule has 0 unspecified atom stereocenters. The summed E-state index contributed by atoms with van der Waals surface area (Å²) in [6.07, 6.45) is 0. The van der Waals surface area contributed by atoms with Gasteiger partial charge in [-0.25, -0.2) is 0 Å². The van der Waals surface area contributed by atoms with Crippen molar-refractivity contribution in [2.24, 2.45) is 0 Å². The lowest BCUT2D eigenvalue weighted by Crippen LogP contribution is -2.11. The Hall–Kier alpha value is -8.40. The third kappa shape index (κ3) is 6.29. The number of hydrogen-bond acceptors (Lipinski definition) is 2. The van der Waals surface area contributed by atoms with Crippen LogP contribution in [0.3, 0.4) is 0 Å². The highest BCUT2D eigenvalue weighted by Gasteiger charge is 2.22. The standard InChI is InChI=1S/C60H40N2O/c1-4-17-41(18-5-1)48-37-35-46(39-55(48)43-21-8-3-9-22-43)61(45-33-31-44(32-34-45)50-26-16-27-54-53-25-12-15-30-59(53)63-60(50)54)47-36-38-49(42-19-6-2-7-20-42)58(40-47)62-56-28-13-10-23-51(56)52-24-11-14-29-57(52)62/h1-40H. The number of benzene rings is 10. The van der Waals surface area contributed by atoms with Crippen LogP contribution in [0, 0.1) is 0 Å². The Kier molecular flexibility index (Phi) is 8.83. The van der Waals surface area contributed by atoms with Crippen molar-refractivity contribution in [3.05, 3.63) is 243 Å². The van der Waals surface area contributed by atoms with Crippen LogP contribution in [-0.4, -0.2) is 4.57 Å². The molecule has 0 aliphatic rings. The second-order valence-corrected chi connectivity index (χ2v) is 16.1. The summed E-state index contributed by atoms with van der Waals surface area (Å²) in [5.74, 6) is 0. The molecule has 63 heavy (non-hydrogen) atoms. The summed E-state index contributed by atoms with van der Waals surface area (Å²) in [5.41, 5.74) is 17.6. The number of anilines is 3. The van der Waals surface area contributed by atoms with E-state index in [-0.39, 0.29) is 0 Å². The van der Waals surface area contributed by atoms with E-state index in [1.807, 2.05) is 12.1 Å². The monoisotopic (exact) mass is 804 g/mol. The zero-order chi connectivity index (χ0) is 41.7. The minimum absolute atomic E-state index is 0.897. The zero-order valence-corrected chi connectivity index (χ0v) is 34.4. The first-order valence-corrected chi connectivity index (χ1v) is 21.5. The van der Waals surface area contributed by atoms with Gasteiger partial charge in [0.1, 0.15) is 11.2 Å². The molecule has 12 rings (SSSR count). The molecule has 0 aliphatic heterocycles. The van der Waals surface area contributed by atoms with Crippen LogP contribution < -0.4 is 4.90 Å². The Morgan fingerprint density at radius 2 is 0.778 bits per heavy atom. The van der Waals surface area contributed by atoms with Gasteiger partial charge in [0.2, 0.25) is 0 Å². The third-order valence-electron chi connectivity index (χ3n) is 12.4. The van der Waals surface area contributed by atoms with E-state index >= 15 is 0 Å². The average molecular weight is 805 g/mol. The number of fused-ring (bicyclic) bond motifs is 6. The SMILES string of the molecule is c1ccc(-c2ccc(N(c3ccc(-c4cccc5c4oc4ccccc45)cc3)c3ccc(-c4ccccc4)c(-n4c5ccccc5c5ccccc54)c3)cc2-c2ccccc2)cc1. The average Bonchev–Trinajstić information content (AvgIpc) is 3.91. The first-order valence-electron chi connectivity index (χ1n) is 21.5. The molecule has 10 aromatic carbocycles. The van der Waals surface area contributed by atoms with Gasteiger partial charge in [0.25, 0.3) is 0 Å². The van der Waals surface area contributed by atoms with Gasteiger partial charge in [0.15, 0.2) is 0 Å². The van der Waals surface area contributed by atoms with E-state index in [0.29, 0.717) is 0 Å². The van der Waals surface area contributed by atoms with Crippen molar-refractivity contribution in [1.82, 2.24) is 4.57 Å². The normalized spacial score (nSPS) is 11.5. The molecule has 0 radical (unpaired) electrons. The smallest absolute Gasteiger partial charge is 0.143 e. The maximum absolute atomic E-state index is 6.50. The molecule has 0 aliphatic carbocycles. The van der Waals surface area contributed by atoms with Gasteiger partial charge < -0.3 is 13.9 Å². The lowest BCUT2D eigenvalue weighted by molar-refractivity contribution is 0.670. The van der Waals surface area contributed by atoms with Gasteiger partial charge >= 0.3 is 0 Å². The van der Waals surface area contributed by atoms with Crippen LogP contribution in [0.2, 0.25) is 0 Å². The largest absolute Gasteiger partial charge is 0.455 e. The number of aromatic nitrogens is 1. The van der Waals surface area contributed by atoms with Crippen molar-refractivity contribution in [3.8, 4) is 50.2 Å². The predicted octanol–water partition coefficient (Wildman–Crippen LogP) is 16.8. The van der Waals surface area contributed by atoms with E-state index in [4.69, 9.17) is 4.42 Å². The van der Waals surface area contributed by atoms with Crippen LogP contribution in [0.15, 0.2) is 247 Å². The third-order valence-corrected chi connectivity index (χ3v) is 12.4. The van der Waals surface area contributed by atoms with E-state index < -0.39 is 0 Å². The van der Waals surface area contributed by atoms with Crippen molar-refractivity contribution in [3.63, 3.8) is 0 Å². The van der Waals surface area contributed by atoms with E-state index in [2.05, 4.69) is 240 Å². The number of hydrogen-bond donors (Lipinski definition) is 0. The second-order valence-electron chi connectivity index (χ2n) is 16.1. The second kappa shape index (κ2) is 15.3. The lowest BCUT2D eigenvalue weighted by atomic mass is 9.93. The Morgan fingerprint density at radius 1 is 0.302 bits per heavy atom. The molecule has 2 heterocycles. The van der Waals surface area contributed by atoms with Crippen LogP contribution in [0.1, 0.15) is 0 Å². The van der Waals surface area contributed by atoms with Gasteiger partial charge in [-0.1, -0.05) is 188 Å². The summed E-state index contributed by atoms with van der Waals surface area (Å²) in [5, 5.41) is 4.71. The quantitative estimate of drug-likeness (QED) is 0.153. The molecule has 0 saturated heterocycles. The van der Waals surface area contributed by atoms with E-state index in [1.165, 1.54) is 38.5 Å². The number of furan rings is 1. The van der Waals surface area contributed by atoms with Crippen molar-refractivity contribution in [1.29, 1.82) is 0 Å². The molecule has 12 aromatic rings. The van der Waals surface area contributed by atoms with Gasteiger partial charge in [-0.3, -0.25) is 0 Å². The summed E-state index contributed by atoms with van der Waals surface area (Å²) in [4.78, 5) is 2.40. The van der Waals surface area contributed by atoms with E-state index in [9.17, 15) is 0 Å². The van der Waals surface area contributed by atoms with E-state index in [1.54, 1.807) is 0 Å². The van der Waals surface area contributed by atoms with Crippen molar-refractivity contribution < 1.29 is 4.42 Å². The molecular weight excluding hydrogens is 765 g/mol. The van der Waals surface area contributed by atoms with Crippen LogP contribution in [-0.2, 0) is 0 Å². The molecule has 0 fully saturated rings. The van der Waals surface area contributed by atoms with Crippen LogP contribution in [0.4, 0.5) is 17.1 Å². The Balaban J connectivity index is 1.09. The molecular formula is C60H40N2O. The van der Waals surface area contributed by atoms with Crippen LogP contribution in [0.25, 0.3) is 93.9 Å². The summed E-state index contributed by atoms with van der Waals surface area (Å²) < 4.78 is 8.95. The molecule has 0 bridgehead atoms. The van der Waals surface area contributed by atoms with Crippen molar-refractivity contribution >= 4 is 60.8 Å². The Bertz CT molecular complexity index is 3550. The number of para-hydroxylation sites is 4. The molecule has 3 nitrogen and oxygen atoms in total. The molecule has 296 valence electrons. The summed E-state index contributed by atoms with van der Waals surface area (Å²) >= 11 is 0. The van der Waals surface area contributed by atoms with Crippen LogP contribution in [0.5, 0.6) is 0 Å². The van der Waals surface area contributed by atoms with Crippen LogP contribution >= 0.6 is 0 Å². The molecule has 0 saturated carbocycles. The molecule has 0 N–H and O–H groups in total. The maximum Gasteiger partial charge on any atom is 0.143 e. The number of rotatable bonds is 8. The van der Waals surface area contributed by atoms with Gasteiger partial charge in [-0.15, -0.1) is 0 Å². The highest BCUT2D eigenvalue weighted by atomic mass is 16.3. The zero-order valence-electron chi connectivity index (χ0n) is 34.4. The van der Waals surface area contributed by atoms with Gasteiger partial charge in [-0.05, 0) is 88.0 Å². The minimum atomic E-state index is 0.897. The first-order chi connectivity index (χ1) is 31.3. The highest BCUT2D eigenvalue weighted by Crippen LogP contribution is 2.45. The fourth-order valence-corrected chi connectivity index (χ4v) is 9.50. The predicted molar refractivity (Wildman–Crippen MR) is 264 cm³/mol. The molecule has 3 heteroatoms. The first kappa shape index (κ1) is 36.5. The fraction of sp³-hybridized carbons (Fsp3) is 0. The summed E-state index contributed by atoms with van der Waals surface area (Å²) in [6.45, 7) is 0. The molecule has 0 spiro atoms. The minimum Gasteiger partial charge on any atom is -0.455 e. The Labute approximate surface area is 366 Å². The summed E-state index contributed by atoms with van der Waals surface area (Å²) in [7, 11) is 0. The van der Waals surface area contributed by atoms with E-state index in [0.717, 1.165) is 72.5 Å². The van der Waals surface area contributed by atoms with Crippen molar-refractivity contribution in [2.45, 2.75) is 0 Å². The van der Waals surface area contributed by atoms with Gasteiger partial charge in [0.05, 0.1) is 16.7 Å². The van der Waals surface area contributed by atoms with Gasteiger partial charge in [0, 0.05) is 49.7 Å². The highest BCUT2D eigenvalue weighted by molar-refractivity contribution is 6.11.